The third-order valence-electron chi connectivity index (χ3n) is 6.71. The van der Waals surface area contributed by atoms with E-state index in [9.17, 15) is 4.79 Å². The maximum atomic E-state index is 12.8. The maximum Gasteiger partial charge on any atom is 0.233 e. The SMILES string of the molecule is O=C1[C@H]2[C@@H]3[C@H]([C@H]4C[C@@H]2[C@@]3(Br)C42OCCO2)C12OCCO2. The van der Waals surface area contributed by atoms with Crippen LogP contribution >= 0.6 is 15.9 Å². The van der Waals surface area contributed by atoms with Gasteiger partial charge in [-0.3, -0.25) is 4.79 Å². The minimum absolute atomic E-state index is 0.0703. The molecule has 2 bridgehead atoms. The van der Waals surface area contributed by atoms with Crippen molar-refractivity contribution in [2.45, 2.75) is 22.3 Å². The average molecular weight is 343 g/mol. The Bertz CT molecular complexity index is 538. The summed E-state index contributed by atoms with van der Waals surface area (Å²) in [6, 6.07) is 0. The van der Waals surface area contributed by atoms with E-state index < -0.39 is 11.6 Å². The summed E-state index contributed by atoms with van der Waals surface area (Å²) in [4.78, 5) is 12.8. The van der Waals surface area contributed by atoms with Crippen molar-refractivity contribution in [3.05, 3.63) is 0 Å². The van der Waals surface area contributed by atoms with Crippen molar-refractivity contribution in [2.24, 2.45) is 29.6 Å². The summed E-state index contributed by atoms with van der Waals surface area (Å²) < 4.78 is 23.7. The van der Waals surface area contributed by atoms with Gasteiger partial charge in [0.1, 0.15) is 0 Å². The highest BCUT2D eigenvalue weighted by molar-refractivity contribution is 9.10. The van der Waals surface area contributed by atoms with Crippen LogP contribution in [0, 0.1) is 29.6 Å². The van der Waals surface area contributed by atoms with Crippen LogP contribution in [-0.4, -0.2) is 48.1 Å². The molecule has 6 heteroatoms. The molecule has 6 rings (SSSR count). The van der Waals surface area contributed by atoms with Gasteiger partial charge in [-0.25, -0.2) is 0 Å². The van der Waals surface area contributed by atoms with E-state index >= 15 is 0 Å². The van der Waals surface area contributed by atoms with Crippen LogP contribution in [0.25, 0.3) is 0 Å². The molecule has 4 aliphatic carbocycles. The molecule has 2 saturated heterocycles. The van der Waals surface area contributed by atoms with Gasteiger partial charge in [-0.1, -0.05) is 15.9 Å². The van der Waals surface area contributed by atoms with Crippen LogP contribution < -0.4 is 0 Å². The van der Waals surface area contributed by atoms with Crippen LogP contribution in [0.1, 0.15) is 6.42 Å². The minimum Gasteiger partial charge on any atom is -0.346 e. The molecule has 6 fully saturated rings. The number of Topliss-reactive ketones (excluding diaryl/α,β-unsaturated/α-hetero) is 1. The Morgan fingerprint density at radius 1 is 0.950 bits per heavy atom. The smallest absolute Gasteiger partial charge is 0.233 e. The van der Waals surface area contributed by atoms with Gasteiger partial charge in [-0.2, -0.15) is 0 Å². The first-order valence-electron chi connectivity index (χ1n) is 7.46. The van der Waals surface area contributed by atoms with E-state index in [1.807, 2.05) is 0 Å². The molecule has 20 heavy (non-hydrogen) atoms. The van der Waals surface area contributed by atoms with Gasteiger partial charge in [0.2, 0.25) is 5.79 Å². The first-order valence-corrected chi connectivity index (χ1v) is 8.25. The molecule has 0 unspecified atom stereocenters. The van der Waals surface area contributed by atoms with Gasteiger partial charge in [0.05, 0.1) is 30.8 Å². The maximum absolute atomic E-state index is 12.8. The largest absolute Gasteiger partial charge is 0.346 e. The van der Waals surface area contributed by atoms with Crippen molar-refractivity contribution in [3.8, 4) is 0 Å². The lowest BCUT2D eigenvalue weighted by Crippen LogP contribution is -2.64. The number of carbonyl (C=O) groups is 1. The first-order chi connectivity index (χ1) is 9.67. The summed E-state index contributed by atoms with van der Waals surface area (Å²) in [5.41, 5.74) is 0. The van der Waals surface area contributed by atoms with Crippen molar-refractivity contribution in [3.63, 3.8) is 0 Å². The fraction of sp³-hybridized carbons (Fsp3) is 0.929. The fourth-order valence-electron chi connectivity index (χ4n) is 6.41. The molecule has 0 aromatic carbocycles. The lowest BCUT2D eigenvalue weighted by Gasteiger charge is -2.54. The molecular weight excluding hydrogens is 328 g/mol. The lowest BCUT2D eigenvalue weighted by molar-refractivity contribution is -0.224. The third-order valence-corrected chi connectivity index (χ3v) is 8.38. The summed E-state index contributed by atoms with van der Waals surface area (Å²) in [5.74, 6) is -0.441. The number of hydrogen-bond donors (Lipinski definition) is 0. The second-order valence-electron chi connectivity index (χ2n) is 6.89. The predicted octanol–water partition coefficient (Wildman–Crippen LogP) is 0.701. The number of carbonyl (C=O) groups excluding carboxylic acids is 1. The molecule has 0 N–H and O–H groups in total. The molecule has 108 valence electrons. The average Bonchev–Trinajstić information content (AvgIpc) is 3.20. The Hall–Kier alpha value is -0.0100. The summed E-state index contributed by atoms with van der Waals surface area (Å²) in [7, 11) is 0. The number of fused-ring (bicyclic) bond motifs is 3. The van der Waals surface area contributed by atoms with Crippen LogP contribution in [0.3, 0.4) is 0 Å². The van der Waals surface area contributed by atoms with E-state index in [0.29, 0.717) is 32.3 Å². The van der Waals surface area contributed by atoms with Gasteiger partial charge in [0.25, 0.3) is 0 Å². The lowest BCUT2D eigenvalue weighted by atomic mass is 9.55. The standard InChI is InChI=1S/C14H15BrO5/c15-12-6-5-7(14(12)19-3-4-20-14)9-10(12)8(6)11(16)13(9)17-1-2-18-13/h6-10H,1-5H2/t6-,7+,8+,9-,10+,12-/m0/s1. The Kier molecular flexibility index (Phi) is 1.75. The van der Waals surface area contributed by atoms with Crippen LogP contribution in [0.15, 0.2) is 0 Å². The molecule has 2 heterocycles. The van der Waals surface area contributed by atoms with Crippen molar-refractivity contribution < 1.29 is 23.7 Å². The number of alkyl halides is 1. The van der Waals surface area contributed by atoms with Crippen molar-refractivity contribution in [2.75, 3.05) is 26.4 Å². The second-order valence-corrected chi connectivity index (χ2v) is 8.20. The number of rotatable bonds is 0. The van der Waals surface area contributed by atoms with E-state index in [1.165, 1.54) is 0 Å². The highest BCUT2D eigenvalue weighted by atomic mass is 79.9. The van der Waals surface area contributed by atoms with Gasteiger partial charge in [0.15, 0.2) is 11.6 Å². The zero-order valence-electron chi connectivity index (χ0n) is 10.8. The highest BCUT2D eigenvalue weighted by Gasteiger charge is 2.94. The fourth-order valence-corrected chi connectivity index (χ4v) is 7.98. The minimum atomic E-state index is -0.997. The summed E-state index contributed by atoms with van der Waals surface area (Å²) in [5, 5.41) is 0. The van der Waals surface area contributed by atoms with E-state index in [1.54, 1.807) is 0 Å². The monoisotopic (exact) mass is 342 g/mol. The number of ether oxygens (including phenoxy) is 4. The van der Waals surface area contributed by atoms with Crippen LogP contribution in [0.4, 0.5) is 0 Å². The molecule has 6 atom stereocenters. The number of hydrogen-bond acceptors (Lipinski definition) is 5. The van der Waals surface area contributed by atoms with Crippen LogP contribution in [-0.2, 0) is 23.7 Å². The molecule has 0 aromatic heterocycles. The summed E-state index contributed by atoms with van der Waals surface area (Å²) >= 11 is 3.95. The predicted molar refractivity (Wildman–Crippen MR) is 68.0 cm³/mol. The Balaban J connectivity index is 1.57. The Labute approximate surface area is 124 Å². The molecule has 2 aliphatic heterocycles. The molecule has 5 nitrogen and oxygen atoms in total. The topological polar surface area (TPSA) is 54.0 Å². The molecular formula is C14H15BrO5. The Morgan fingerprint density at radius 2 is 1.60 bits per heavy atom. The van der Waals surface area contributed by atoms with Crippen molar-refractivity contribution in [1.29, 1.82) is 0 Å². The van der Waals surface area contributed by atoms with Gasteiger partial charge in [-0.15, -0.1) is 0 Å². The zero-order chi connectivity index (χ0) is 13.3. The number of halogens is 1. The van der Waals surface area contributed by atoms with Gasteiger partial charge >= 0.3 is 0 Å². The molecule has 0 amide bonds. The highest BCUT2D eigenvalue weighted by Crippen LogP contribution is 2.85. The molecule has 0 aromatic rings. The first kappa shape index (κ1) is 11.5. The molecule has 6 aliphatic rings. The third kappa shape index (κ3) is 0.792. The van der Waals surface area contributed by atoms with Gasteiger partial charge in [0, 0.05) is 17.8 Å². The quantitative estimate of drug-likeness (QED) is 0.606. The Morgan fingerprint density at radius 3 is 2.30 bits per heavy atom. The molecule has 0 radical (unpaired) electrons. The molecule has 4 saturated carbocycles. The van der Waals surface area contributed by atoms with E-state index in [-0.39, 0.29) is 33.8 Å². The van der Waals surface area contributed by atoms with Gasteiger partial charge < -0.3 is 18.9 Å². The molecule has 2 spiro atoms. The summed E-state index contributed by atoms with van der Waals surface area (Å²) in [6.45, 7) is 2.32. The van der Waals surface area contributed by atoms with E-state index in [4.69, 9.17) is 18.9 Å². The summed E-state index contributed by atoms with van der Waals surface area (Å²) in [6.07, 6.45) is 0.983. The normalized spacial score (nSPS) is 59.0. The van der Waals surface area contributed by atoms with E-state index in [2.05, 4.69) is 15.9 Å². The van der Waals surface area contributed by atoms with E-state index in [0.717, 1.165) is 6.42 Å². The van der Waals surface area contributed by atoms with Crippen LogP contribution in [0.5, 0.6) is 0 Å². The number of ketones is 1. The van der Waals surface area contributed by atoms with Crippen LogP contribution in [0.2, 0.25) is 0 Å². The van der Waals surface area contributed by atoms with Crippen molar-refractivity contribution in [1.82, 2.24) is 0 Å². The van der Waals surface area contributed by atoms with Crippen molar-refractivity contribution >= 4 is 21.7 Å². The second kappa shape index (κ2) is 3.04. The zero-order valence-corrected chi connectivity index (χ0v) is 12.4. The van der Waals surface area contributed by atoms with Gasteiger partial charge in [-0.05, 0) is 18.3 Å².